The van der Waals surface area contributed by atoms with Gasteiger partial charge in [0.1, 0.15) is 0 Å². The molecule has 0 aromatic heterocycles. The zero-order valence-electron chi connectivity index (χ0n) is 12.4. The molecular weight excluding hydrogens is 274 g/mol. The van der Waals surface area contributed by atoms with Gasteiger partial charge in [-0.15, -0.1) is 0 Å². The molecule has 3 aliphatic heterocycles. The summed E-state index contributed by atoms with van der Waals surface area (Å²) in [7, 11) is -0.992. The summed E-state index contributed by atoms with van der Waals surface area (Å²) in [5.41, 5.74) is 6.03. The van der Waals surface area contributed by atoms with Gasteiger partial charge in [-0.2, -0.15) is 4.31 Å². The zero-order valence-corrected chi connectivity index (χ0v) is 13.2. The van der Waals surface area contributed by atoms with Crippen molar-refractivity contribution >= 4 is 10.0 Å². The van der Waals surface area contributed by atoms with Crippen molar-refractivity contribution < 1.29 is 8.42 Å². The molecule has 116 valence electrons. The number of hydrogen-bond donors (Lipinski definition) is 1. The maximum Gasteiger partial charge on any atom is 0.214 e. The first-order valence-electron chi connectivity index (χ1n) is 7.91. The molecule has 3 atom stereocenters. The molecule has 3 rings (SSSR count). The molecule has 6 heteroatoms. The Morgan fingerprint density at radius 2 is 1.60 bits per heavy atom. The van der Waals surface area contributed by atoms with Crippen molar-refractivity contribution in [1.29, 1.82) is 0 Å². The Balaban J connectivity index is 1.66. The minimum absolute atomic E-state index is 0.181. The first kappa shape index (κ1) is 14.8. The van der Waals surface area contributed by atoms with E-state index < -0.39 is 10.0 Å². The third-order valence-corrected chi connectivity index (χ3v) is 7.44. The molecule has 0 aromatic rings. The number of rotatable bonds is 3. The summed E-state index contributed by atoms with van der Waals surface area (Å²) >= 11 is 0. The van der Waals surface area contributed by atoms with E-state index in [1.165, 1.54) is 0 Å². The Bertz CT molecular complexity index is 431. The second-order valence-corrected chi connectivity index (χ2v) is 8.89. The van der Waals surface area contributed by atoms with Gasteiger partial charge in [0.2, 0.25) is 10.0 Å². The molecular formula is C14H27N3O2S. The van der Waals surface area contributed by atoms with Crippen LogP contribution < -0.4 is 5.73 Å². The normalized spacial score (nSPS) is 37.4. The van der Waals surface area contributed by atoms with Gasteiger partial charge < -0.3 is 10.6 Å². The van der Waals surface area contributed by atoms with E-state index in [4.69, 9.17) is 5.73 Å². The molecule has 2 N–H and O–H groups in total. The van der Waals surface area contributed by atoms with Crippen LogP contribution in [-0.4, -0.2) is 61.6 Å². The van der Waals surface area contributed by atoms with Crippen LogP contribution in [0.2, 0.25) is 0 Å². The summed E-state index contributed by atoms with van der Waals surface area (Å²) in [6.45, 7) is 2.05. The van der Waals surface area contributed by atoms with Gasteiger partial charge in [0, 0.05) is 18.1 Å². The highest BCUT2D eigenvalue weighted by atomic mass is 32.2. The summed E-state index contributed by atoms with van der Waals surface area (Å²) in [5.74, 6) is 0.689. The van der Waals surface area contributed by atoms with Crippen LogP contribution in [0.15, 0.2) is 0 Å². The highest BCUT2D eigenvalue weighted by Gasteiger charge is 2.46. The smallest absolute Gasteiger partial charge is 0.214 e. The number of sulfonamides is 1. The predicted octanol–water partition coefficient (Wildman–Crippen LogP) is 0.612. The summed E-state index contributed by atoms with van der Waals surface area (Å²) in [5, 5.41) is 0. The molecule has 3 fully saturated rings. The zero-order chi connectivity index (χ0) is 14.3. The van der Waals surface area contributed by atoms with E-state index in [0.717, 1.165) is 51.6 Å². The van der Waals surface area contributed by atoms with Gasteiger partial charge in [0.15, 0.2) is 0 Å². The third kappa shape index (κ3) is 2.89. The van der Waals surface area contributed by atoms with Crippen LogP contribution in [0.1, 0.15) is 38.5 Å². The molecule has 0 aromatic carbocycles. The minimum atomic E-state index is -3.10. The van der Waals surface area contributed by atoms with Crippen molar-refractivity contribution in [2.24, 2.45) is 11.7 Å². The van der Waals surface area contributed by atoms with Crippen LogP contribution in [-0.2, 0) is 10.0 Å². The van der Waals surface area contributed by atoms with E-state index in [1.807, 2.05) is 4.31 Å². The predicted molar refractivity (Wildman–Crippen MR) is 79.9 cm³/mol. The summed E-state index contributed by atoms with van der Waals surface area (Å²) in [4.78, 5) is 2.28. The molecule has 2 bridgehead atoms. The van der Waals surface area contributed by atoms with Gasteiger partial charge in [-0.3, -0.25) is 0 Å². The van der Waals surface area contributed by atoms with E-state index in [1.54, 1.807) is 0 Å². The SMILES string of the molecule is CN1CCC(CS(=O)(=O)N2C3CC[C@@H]2CC(N)C3)CC1. The second kappa shape index (κ2) is 5.55. The van der Waals surface area contributed by atoms with Gasteiger partial charge in [-0.25, -0.2) is 8.42 Å². The molecule has 0 aliphatic carbocycles. The summed E-state index contributed by atoms with van der Waals surface area (Å²) in [6, 6.07) is 0.558. The standard InChI is InChI=1S/C14H27N3O2S/c1-16-6-4-11(5-7-16)10-20(18,19)17-13-2-3-14(17)9-12(15)8-13/h11-14H,2-10,15H2,1H3/t12?,13-,14?/m1/s1. The monoisotopic (exact) mass is 301 g/mol. The van der Waals surface area contributed by atoms with Crippen molar-refractivity contribution in [3.8, 4) is 0 Å². The van der Waals surface area contributed by atoms with Crippen LogP contribution in [0.3, 0.4) is 0 Å². The molecule has 3 heterocycles. The Hall–Kier alpha value is -0.170. The Kier molecular flexibility index (Phi) is 4.10. The number of nitrogens with two attached hydrogens (primary N) is 1. The van der Waals surface area contributed by atoms with Crippen LogP contribution in [0.4, 0.5) is 0 Å². The van der Waals surface area contributed by atoms with Crippen LogP contribution >= 0.6 is 0 Å². The topological polar surface area (TPSA) is 66.6 Å². The summed E-state index contributed by atoms with van der Waals surface area (Å²) in [6.07, 6.45) is 5.74. The quantitative estimate of drug-likeness (QED) is 0.829. The fraction of sp³-hybridized carbons (Fsp3) is 1.00. The van der Waals surface area contributed by atoms with Crippen molar-refractivity contribution in [3.05, 3.63) is 0 Å². The molecule has 0 spiro atoms. The van der Waals surface area contributed by atoms with Crippen LogP contribution in [0.25, 0.3) is 0 Å². The van der Waals surface area contributed by atoms with Gasteiger partial charge >= 0.3 is 0 Å². The lowest BCUT2D eigenvalue weighted by Gasteiger charge is -2.38. The lowest BCUT2D eigenvalue weighted by Crippen LogP contribution is -2.51. The van der Waals surface area contributed by atoms with Crippen molar-refractivity contribution in [2.75, 3.05) is 25.9 Å². The lowest BCUT2D eigenvalue weighted by molar-refractivity contribution is 0.214. The fourth-order valence-electron chi connectivity index (χ4n) is 4.24. The highest BCUT2D eigenvalue weighted by molar-refractivity contribution is 7.89. The second-order valence-electron chi connectivity index (χ2n) is 6.97. The minimum Gasteiger partial charge on any atom is -0.328 e. The largest absolute Gasteiger partial charge is 0.328 e. The van der Waals surface area contributed by atoms with Crippen molar-refractivity contribution in [2.45, 2.75) is 56.7 Å². The van der Waals surface area contributed by atoms with E-state index in [0.29, 0.717) is 11.7 Å². The number of likely N-dealkylation sites (tertiary alicyclic amines) is 1. The molecule has 0 radical (unpaired) electrons. The fourth-order valence-corrected chi connectivity index (χ4v) is 6.64. The van der Waals surface area contributed by atoms with E-state index >= 15 is 0 Å². The molecule has 0 saturated carbocycles. The number of piperidine rings is 2. The van der Waals surface area contributed by atoms with Crippen molar-refractivity contribution in [3.63, 3.8) is 0 Å². The van der Waals surface area contributed by atoms with Gasteiger partial charge in [0.05, 0.1) is 5.75 Å². The Labute approximate surface area is 122 Å². The lowest BCUT2D eigenvalue weighted by atomic mass is 10.00. The third-order valence-electron chi connectivity index (χ3n) is 5.31. The van der Waals surface area contributed by atoms with Gasteiger partial charge in [-0.05, 0) is 64.6 Å². The Morgan fingerprint density at radius 1 is 1.05 bits per heavy atom. The highest BCUT2D eigenvalue weighted by Crippen LogP contribution is 2.38. The molecule has 20 heavy (non-hydrogen) atoms. The average molecular weight is 301 g/mol. The maximum absolute atomic E-state index is 12.8. The van der Waals surface area contributed by atoms with E-state index in [-0.39, 0.29) is 18.1 Å². The number of nitrogens with zero attached hydrogens (tertiary/aromatic N) is 2. The molecule has 0 amide bonds. The van der Waals surface area contributed by atoms with Crippen molar-refractivity contribution in [1.82, 2.24) is 9.21 Å². The maximum atomic E-state index is 12.8. The van der Waals surface area contributed by atoms with E-state index in [2.05, 4.69) is 11.9 Å². The van der Waals surface area contributed by atoms with Crippen LogP contribution in [0.5, 0.6) is 0 Å². The first-order chi connectivity index (χ1) is 9.45. The number of fused-ring (bicyclic) bond motifs is 2. The summed E-state index contributed by atoms with van der Waals surface area (Å²) < 4.78 is 27.4. The van der Waals surface area contributed by atoms with Gasteiger partial charge in [0.25, 0.3) is 0 Å². The Morgan fingerprint density at radius 3 is 2.15 bits per heavy atom. The van der Waals surface area contributed by atoms with E-state index in [9.17, 15) is 8.42 Å². The van der Waals surface area contributed by atoms with Gasteiger partial charge in [-0.1, -0.05) is 0 Å². The first-order valence-corrected chi connectivity index (χ1v) is 9.52. The molecule has 2 unspecified atom stereocenters. The molecule has 3 aliphatic rings. The average Bonchev–Trinajstić information content (AvgIpc) is 2.66. The van der Waals surface area contributed by atoms with Crippen LogP contribution in [0, 0.1) is 5.92 Å². The molecule has 3 saturated heterocycles. The number of hydrogen-bond acceptors (Lipinski definition) is 4. The molecule has 5 nitrogen and oxygen atoms in total.